The van der Waals surface area contributed by atoms with Gasteiger partial charge in [-0.3, -0.25) is 9.59 Å². The van der Waals surface area contributed by atoms with Gasteiger partial charge in [-0.25, -0.2) is 0 Å². The molecule has 1 aromatic rings. The second-order valence-corrected chi connectivity index (χ2v) is 5.31. The molecule has 0 aliphatic carbocycles. The van der Waals surface area contributed by atoms with Crippen LogP contribution in [0.25, 0.3) is 0 Å². The molecule has 1 atom stereocenters. The first kappa shape index (κ1) is 14.1. The number of hydrogen-bond donors (Lipinski definition) is 1. The third-order valence-corrected chi connectivity index (χ3v) is 3.81. The van der Waals surface area contributed by atoms with Crippen LogP contribution in [0.2, 0.25) is 0 Å². The van der Waals surface area contributed by atoms with Gasteiger partial charge in [0.25, 0.3) is 5.91 Å². The molecule has 1 aliphatic heterocycles. The number of carbonyl (C=O) groups is 2. The van der Waals surface area contributed by atoms with E-state index in [0.29, 0.717) is 23.2 Å². The molecular weight excluding hydrogens is 316 g/mol. The molecule has 6 nitrogen and oxygen atoms in total. The summed E-state index contributed by atoms with van der Waals surface area (Å²) in [7, 11) is 1.49. The summed E-state index contributed by atoms with van der Waals surface area (Å²) in [5.41, 5.74) is 4.81. The van der Waals surface area contributed by atoms with Gasteiger partial charge in [-0.05, 0) is 28.8 Å². The van der Waals surface area contributed by atoms with E-state index in [0.717, 1.165) is 6.42 Å². The van der Waals surface area contributed by atoms with E-state index in [-0.39, 0.29) is 12.5 Å². The van der Waals surface area contributed by atoms with Crippen LogP contribution in [-0.2, 0) is 9.53 Å². The topological polar surface area (TPSA) is 85.8 Å². The molecule has 1 saturated heterocycles. The van der Waals surface area contributed by atoms with Crippen molar-refractivity contribution in [2.45, 2.75) is 18.4 Å². The summed E-state index contributed by atoms with van der Waals surface area (Å²) in [6.07, 6.45) is 2.58. The van der Waals surface area contributed by atoms with Crippen molar-refractivity contribution in [3.63, 3.8) is 0 Å². The predicted octanol–water partition coefficient (Wildman–Crippen LogP) is 1.15. The number of amides is 2. The van der Waals surface area contributed by atoms with Gasteiger partial charge in [0, 0.05) is 19.7 Å². The Bertz CT molecular complexity index is 502. The van der Waals surface area contributed by atoms with Gasteiger partial charge in [-0.1, -0.05) is 0 Å². The van der Waals surface area contributed by atoms with Crippen molar-refractivity contribution in [1.29, 1.82) is 0 Å². The van der Waals surface area contributed by atoms with E-state index in [2.05, 4.69) is 15.9 Å². The summed E-state index contributed by atoms with van der Waals surface area (Å²) >= 11 is 3.14. The van der Waals surface area contributed by atoms with Gasteiger partial charge in [0.05, 0.1) is 12.2 Å². The average molecular weight is 331 g/mol. The Kier molecular flexibility index (Phi) is 3.96. The minimum atomic E-state index is -1.06. The predicted molar refractivity (Wildman–Crippen MR) is 70.5 cm³/mol. The zero-order chi connectivity index (χ0) is 14.0. The van der Waals surface area contributed by atoms with Crippen LogP contribution in [0.5, 0.6) is 0 Å². The fraction of sp³-hybridized carbons (Fsp3) is 0.500. The van der Waals surface area contributed by atoms with Crippen LogP contribution in [-0.4, -0.2) is 42.5 Å². The molecule has 0 saturated carbocycles. The standard InChI is InChI=1S/C12H15BrN2O4/c1-18-7-12(11(14)17)3-2-4-15(12)10(16)8-5-9(13)19-6-8/h5-6H,2-4,7H2,1H3,(H2,14,17). The van der Waals surface area contributed by atoms with E-state index in [4.69, 9.17) is 14.9 Å². The molecule has 1 unspecified atom stereocenters. The third kappa shape index (κ3) is 2.40. The molecule has 7 heteroatoms. The molecular formula is C12H15BrN2O4. The highest BCUT2D eigenvalue weighted by molar-refractivity contribution is 9.10. The lowest BCUT2D eigenvalue weighted by Crippen LogP contribution is -2.58. The van der Waals surface area contributed by atoms with Crippen LogP contribution in [0.3, 0.4) is 0 Å². The third-order valence-electron chi connectivity index (χ3n) is 3.39. The summed E-state index contributed by atoms with van der Waals surface area (Å²) in [6, 6.07) is 1.57. The zero-order valence-electron chi connectivity index (χ0n) is 10.5. The van der Waals surface area contributed by atoms with Crippen molar-refractivity contribution >= 4 is 27.7 Å². The number of ether oxygens (including phenoxy) is 1. The molecule has 19 heavy (non-hydrogen) atoms. The highest BCUT2D eigenvalue weighted by Crippen LogP contribution is 2.31. The van der Waals surface area contributed by atoms with E-state index in [9.17, 15) is 9.59 Å². The number of likely N-dealkylation sites (tertiary alicyclic amines) is 1. The average Bonchev–Trinajstić information content (AvgIpc) is 2.96. The van der Waals surface area contributed by atoms with Crippen molar-refractivity contribution < 1.29 is 18.7 Å². The second-order valence-electron chi connectivity index (χ2n) is 4.53. The minimum absolute atomic E-state index is 0.104. The van der Waals surface area contributed by atoms with Crippen molar-refractivity contribution in [3.8, 4) is 0 Å². The molecule has 2 amide bonds. The number of nitrogens with two attached hydrogens (primary N) is 1. The largest absolute Gasteiger partial charge is 0.457 e. The normalized spacial score (nSPS) is 22.7. The van der Waals surface area contributed by atoms with E-state index in [1.165, 1.54) is 18.3 Å². The lowest BCUT2D eigenvalue weighted by atomic mass is 9.96. The smallest absolute Gasteiger partial charge is 0.258 e. The first-order valence-electron chi connectivity index (χ1n) is 5.86. The van der Waals surface area contributed by atoms with Crippen LogP contribution < -0.4 is 5.73 Å². The van der Waals surface area contributed by atoms with Crippen LogP contribution in [0.4, 0.5) is 0 Å². The van der Waals surface area contributed by atoms with Crippen molar-refractivity contribution in [2.75, 3.05) is 20.3 Å². The lowest BCUT2D eigenvalue weighted by molar-refractivity contribution is -0.130. The van der Waals surface area contributed by atoms with Crippen LogP contribution in [0, 0.1) is 0 Å². The Morgan fingerprint density at radius 3 is 2.89 bits per heavy atom. The number of rotatable bonds is 4. The highest BCUT2D eigenvalue weighted by atomic mass is 79.9. The van der Waals surface area contributed by atoms with Gasteiger partial charge in [0.2, 0.25) is 5.91 Å². The quantitative estimate of drug-likeness (QED) is 0.897. The molecule has 0 bridgehead atoms. The number of primary amides is 1. The summed E-state index contributed by atoms with van der Waals surface area (Å²) in [4.78, 5) is 25.7. The maximum atomic E-state index is 12.4. The highest BCUT2D eigenvalue weighted by Gasteiger charge is 2.49. The van der Waals surface area contributed by atoms with Gasteiger partial charge < -0.3 is 19.8 Å². The number of methoxy groups -OCH3 is 1. The number of hydrogen-bond acceptors (Lipinski definition) is 4. The van der Waals surface area contributed by atoms with Crippen LogP contribution in [0.15, 0.2) is 21.4 Å². The molecule has 1 aromatic heterocycles. The number of halogens is 1. The fourth-order valence-corrected chi connectivity index (χ4v) is 2.81. The second kappa shape index (κ2) is 5.34. The summed E-state index contributed by atoms with van der Waals surface area (Å²) < 4.78 is 10.6. The monoisotopic (exact) mass is 330 g/mol. The zero-order valence-corrected chi connectivity index (χ0v) is 12.1. The molecule has 2 N–H and O–H groups in total. The van der Waals surface area contributed by atoms with Gasteiger partial charge in [-0.2, -0.15) is 0 Å². The van der Waals surface area contributed by atoms with Crippen LogP contribution in [0.1, 0.15) is 23.2 Å². The first-order chi connectivity index (χ1) is 9.01. The Balaban J connectivity index is 2.31. The number of furan rings is 1. The van der Waals surface area contributed by atoms with Crippen molar-refractivity contribution in [1.82, 2.24) is 4.90 Å². The SMILES string of the molecule is COCC1(C(N)=O)CCCN1C(=O)c1coc(Br)c1. The molecule has 2 rings (SSSR count). The Morgan fingerprint density at radius 2 is 2.37 bits per heavy atom. The van der Waals surface area contributed by atoms with Gasteiger partial charge in [0.15, 0.2) is 4.67 Å². The Morgan fingerprint density at radius 1 is 1.63 bits per heavy atom. The van der Waals surface area contributed by atoms with E-state index in [1.807, 2.05) is 0 Å². The molecule has 0 radical (unpaired) electrons. The Labute approximate surface area is 119 Å². The van der Waals surface area contributed by atoms with Crippen molar-refractivity contribution in [3.05, 3.63) is 22.6 Å². The summed E-state index contributed by atoms with van der Waals surface area (Å²) in [6.45, 7) is 0.584. The molecule has 1 aliphatic rings. The minimum Gasteiger partial charge on any atom is -0.457 e. The maximum absolute atomic E-state index is 12.4. The summed E-state index contributed by atoms with van der Waals surface area (Å²) in [5.74, 6) is -0.814. The molecule has 104 valence electrons. The lowest BCUT2D eigenvalue weighted by Gasteiger charge is -2.34. The molecule has 0 aromatic carbocycles. The van der Waals surface area contributed by atoms with Gasteiger partial charge in [0.1, 0.15) is 11.8 Å². The van der Waals surface area contributed by atoms with E-state index >= 15 is 0 Å². The first-order valence-corrected chi connectivity index (χ1v) is 6.65. The number of nitrogens with zero attached hydrogens (tertiary/aromatic N) is 1. The molecule has 2 heterocycles. The molecule has 1 fully saturated rings. The maximum Gasteiger partial charge on any atom is 0.258 e. The molecule has 0 spiro atoms. The Hall–Kier alpha value is -1.34. The van der Waals surface area contributed by atoms with Crippen LogP contribution >= 0.6 is 15.9 Å². The van der Waals surface area contributed by atoms with E-state index < -0.39 is 11.4 Å². The summed E-state index contributed by atoms with van der Waals surface area (Å²) in [5, 5.41) is 0. The number of carbonyl (C=O) groups excluding carboxylic acids is 2. The fourth-order valence-electron chi connectivity index (χ4n) is 2.47. The van der Waals surface area contributed by atoms with Gasteiger partial charge in [-0.15, -0.1) is 0 Å². The van der Waals surface area contributed by atoms with Gasteiger partial charge >= 0.3 is 0 Å². The van der Waals surface area contributed by atoms with E-state index in [1.54, 1.807) is 6.07 Å². The van der Waals surface area contributed by atoms with Crippen molar-refractivity contribution in [2.24, 2.45) is 5.73 Å².